The number of anilines is 2. The molecule has 0 spiro atoms. The molecule has 2 N–H and O–H groups in total. The highest BCUT2D eigenvalue weighted by Crippen LogP contribution is 2.37. The Kier molecular flexibility index (Phi) is 5.22. The minimum atomic E-state index is -0.609. The fourth-order valence-corrected chi connectivity index (χ4v) is 3.34. The Morgan fingerprint density at radius 3 is 2.73 bits per heavy atom. The number of thiazole rings is 1. The van der Waals surface area contributed by atoms with Crippen LogP contribution >= 0.6 is 11.3 Å². The number of hydrogen-bond donors (Lipinski definition) is 1. The molecule has 0 fully saturated rings. The van der Waals surface area contributed by atoms with E-state index in [0.717, 1.165) is 10.7 Å². The first-order valence-corrected chi connectivity index (χ1v) is 9.02. The molecule has 0 aliphatic heterocycles. The monoisotopic (exact) mass is 371 g/mol. The van der Waals surface area contributed by atoms with E-state index in [1.807, 2.05) is 29.9 Å². The van der Waals surface area contributed by atoms with Gasteiger partial charge in [-0.05, 0) is 18.1 Å². The molecule has 0 aliphatic carbocycles. The van der Waals surface area contributed by atoms with Crippen molar-refractivity contribution >= 4 is 28.2 Å². The Morgan fingerprint density at radius 1 is 1.35 bits per heavy atom. The van der Waals surface area contributed by atoms with Crippen molar-refractivity contribution in [2.45, 2.75) is 26.4 Å². The zero-order chi connectivity index (χ0) is 18.7. The van der Waals surface area contributed by atoms with Crippen LogP contribution in [0.15, 0.2) is 42.9 Å². The number of nitrogens with zero attached hydrogens (tertiary/aromatic N) is 4. The lowest BCUT2D eigenvalue weighted by Crippen LogP contribution is -2.31. The average Bonchev–Trinajstić information content (AvgIpc) is 3.23. The summed E-state index contributed by atoms with van der Waals surface area (Å²) in [6.45, 7) is 4.44. The number of benzene rings is 1. The van der Waals surface area contributed by atoms with Gasteiger partial charge in [-0.15, -0.1) is 11.3 Å². The van der Waals surface area contributed by atoms with Crippen LogP contribution in [-0.2, 0) is 13.7 Å². The SMILES string of the molecule is CC(C)c1cnc(N(C(N)=O)c2ccccc2OCc2nccn2C)s1. The van der Waals surface area contributed by atoms with Crippen LogP contribution in [0.1, 0.15) is 30.5 Å². The molecule has 0 saturated carbocycles. The van der Waals surface area contributed by atoms with Gasteiger partial charge in [-0.2, -0.15) is 0 Å². The molecular formula is C18H21N5O2S. The molecule has 7 nitrogen and oxygen atoms in total. The molecular weight excluding hydrogens is 350 g/mol. The van der Waals surface area contributed by atoms with Crippen LogP contribution in [0.2, 0.25) is 0 Å². The maximum absolute atomic E-state index is 12.2. The van der Waals surface area contributed by atoms with E-state index in [2.05, 4.69) is 23.8 Å². The summed E-state index contributed by atoms with van der Waals surface area (Å²) >= 11 is 1.44. The molecule has 0 atom stereocenters. The first kappa shape index (κ1) is 17.9. The molecule has 1 aromatic carbocycles. The predicted molar refractivity (Wildman–Crippen MR) is 102 cm³/mol. The van der Waals surface area contributed by atoms with Gasteiger partial charge in [0.15, 0.2) is 5.13 Å². The van der Waals surface area contributed by atoms with E-state index in [1.54, 1.807) is 24.5 Å². The molecule has 2 amide bonds. The normalized spacial score (nSPS) is 10.9. The number of aromatic nitrogens is 3. The molecule has 3 rings (SSSR count). The number of carbonyl (C=O) groups excluding carboxylic acids is 1. The average molecular weight is 371 g/mol. The number of carbonyl (C=O) groups is 1. The van der Waals surface area contributed by atoms with Gasteiger partial charge in [0.25, 0.3) is 0 Å². The summed E-state index contributed by atoms with van der Waals surface area (Å²) < 4.78 is 7.79. The second kappa shape index (κ2) is 7.57. The van der Waals surface area contributed by atoms with Crippen molar-refractivity contribution in [2.24, 2.45) is 12.8 Å². The smallest absolute Gasteiger partial charge is 0.325 e. The van der Waals surface area contributed by atoms with E-state index in [0.29, 0.717) is 22.5 Å². The number of amides is 2. The van der Waals surface area contributed by atoms with Crippen LogP contribution < -0.4 is 15.4 Å². The number of para-hydroxylation sites is 2. The number of imidazole rings is 1. The third-order valence-electron chi connectivity index (χ3n) is 3.88. The van der Waals surface area contributed by atoms with E-state index in [1.165, 1.54) is 16.2 Å². The molecule has 136 valence electrons. The predicted octanol–water partition coefficient (Wildman–Crippen LogP) is 3.80. The number of hydrogen-bond acceptors (Lipinski definition) is 5. The number of ether oxygens (including phenoxy) is 1. The minimum absolute atomic E-state index is 0.280. The van der Waals surface area contributed by atoms with Crippen LogP contribution in [-0.4, -0.2) is 20.6 Å². The van der Waals surface area contributed by atoms with Gasteiger partial charge in [0.1, 0.15) is 18.2 Å². The Labute approximate surface area is 156 Å². The molecule has 2 aromatic heterocycles. The maximum Gasteiger partial charge on any atom is 0.325 e. The van der Waals surface area contributed by atoms with Crippen LogP contribution in [0, 0.1) is 0 Å². The molecule has 0 radical (unpaired) electrons. The van der Waals surface area contributed by atoms with Crippen molar-refractivity contribution < 1.29 is 9.53 Å². The number of aryl methyl sites for hydroxylation is 1. The Bertz CT molecular complexity index is 902. The van der Waals surface area contributed by atoms with E-state index < -0.39 is 6.03 Å². The van der Waals surface area contributed by atoms with Crippen molar-refractivity contribution in [1.82, 2.24) is 14.5 Å². The second-order valence-electron chi connectivity index (χ2n) is 6.08. The van der Waals surface area contributed by atoms with E-state index in [9.17, 15) is 4.79 Å². The van der Waals surface area contributed by atoms with Crippen LogP contribution in [0.4, 0.5) is 15.6 Å². The highest BCUT2D eigenvalue weighted by atomic mass is 32.1. The molecule has 26 heavy (non-hydrogen) atoms. The minimum Gasteiger partial charge on any atom is -0.483 e. The van der Waals surface area contributed by atoms with Gasteiger partial charge in [0, 0.05) is 30.5 Å². The molecule has 0 aliphatic rings. The van der Waals surface area contributed by atoms with Crippen molar-refractivity contribution in [3.8, 4) is 5.75 Å². The van der Waals surface area contributed by atoms with Crippen LogP contribution in [0.5, 0.6) is 5.75 Å². The van der Waals surface area contributed by atoms with Gasteiger partial charge in [-0.1, -0.05) is 26.0 Å². The lowest BCUT2D eigenvalue weighted by Gasteiger charge is -2.20. The van der Waals surface area contributed by atoms with Gasteiger partial charge in [0.05, 0.1) is 5.69 Å². The van der Waals surface area contributed by atoms with Gasteiger partial charge < -0.3 is 15.0 Å². The van der Waals surface area contributed by atoms with Crippen molar-refractivity contribution in [1.29, 1.82) is 0 Å². The first-order chi connectivity index (χ1) is 12.5. The van der Waals surface area contributed by atoms with E-state index in [-0.39, 0.29) is 6.61 Å². The molecule has 0 bridgehead atoms. The van der Waals surface area contributed by atoms with Crippen molar-refractivity contribution in [3.05, 3.63) is 53.6 Å². The van der Waals surface area contributed by atoms with Gasteiger partial charge in [-0.3, -0.25) is 0 Å². The Hall–Kier alpha value is -2.87. The number of nitrogens with two attached hydrogens (primary N) is 1. The summed E-state index contributed by atoms with van der Waals surface area (Å²) in [4.78, 5) is 23.2. The first-order valence-electron chi connectivity index (χ1n) is 8.20. The zero-order valence-corrected chi connectivity index (χ0v) is 15.7. The maximum atomic E-state index is 12.2. The summed E-state index contributed by atoms with van der Waals surface area (Å²) in [5.41, 5.74) is 6.21. The third-order valence-corrected chi connectivity index (χ3v) is 5.16. The summed E-state index contributed by atoms with van der Waals surface area (Å²) in [6, 6.07) is 6.65. The molecule has 0 saturated heterocycles. The molecule has 0 unspecified atom stereocenters. The summed E-state index contributed by atoms with van der Waals surface area (Å²) in [5, 5.41) is 0.522. The fraction of sp³-hybridized carbons (Fsp3) is 0.278. The van der Waals surface area contributed by atoms with Gasteiger partial charge >= 0.3 is 6.03 Å². The summed E-state index contributed by atoms with van der Waals surface area (Å²) in [6.07, 6.45) is 5.34. The largest absolute Gasteiger partial charge is 0.483 e. The lowest BCUT2D eigenvalue weighted by atomic mass is 10.2. The molecule has 2 heterocycles. The highest BCUT2D eigenvalue weighted by molar-refractivity contribution is 7.16. The lowest BCUT2D eigenvalue weighted by molar-refractivity contribution is 0.255. The van der Waals surface area contributed by atoms with Crippen molar-refractivity contribution in [3.63, 3.8) is 0 Å². The highest BCUT2D eigenvalue weighted by Gasteiger charge is 2.23. The van der Waals surface area contributed by atoms with E-state index >= 15 is 0 Å². The van der Waals surface area contributed by atoms with Gasteiger partial charge in [0.2, 0.25) is 0 Å². The standard InChI is InChI=1S/C18H21N5O2S/c1-12(2)15-10-21-18(26-15)23(17(19)24)13-6-4-5-7-14(13)25-11-16-20-8-9-22(16)3/h4-10,12H,11H2,1-3H3,(H2,19,24). The summed E-state index contributed by atoms with van der Waals surface area (Å²) in [7, 11) is 1.90. The van der Waals surface area contributed by atoms with Crippen LogP contribution in [0.25, 0.3) is 0 Å². The van der Waals surface area contributed by atoms with Crippen molar-refractivity contribution in [2.75, 3.05) is 4.90 Å². The second-order valence-corrected chi connectivity index (χ2v) is 7.13. The van der Waals surface area contributed by atoms with Gasteiger partial charge in [-0.25, -0.2) is 19.7 Å². The molecule has 8 heteroatoms. The topological polar surface area (TPSA) is 86.3 Å². The number of primary amides is 1. The molecule has 3 aromatic rings. The Morgan fingerprint density at radius 2 is 2.12 bits per heavy atom. The van der Waals surface area contributed by atoms with Crippen LogP contribution in [0.3, 0.4) is 0 Å². The van der Waals surface area contributed by atoms with E-state index in [4.69, 9.17) is 10.5 Å². The summed E-state index contributed by atoms with van der Waals surface area (Å²) in [5.74, 6) is 1.64. The third kappa shape index (κ3) is 3.70. The number of rotatable bonds is 6. The zero-order valence-electron chi connectivity index (χ0n) is 14.9. The fourth-order valence-electron chi connectivity index (χ4n) is 2.41. The Balaban J connectivity index is 1.92. The quantitative estimate of drug-likeness (QED) is 0.714. The number of urea groups is 1.